The zero-order valence-corrected chi connectivity index (χ0v) is 19.3. The van der Waals surface area contributed by atoms with E-state index in [1.807, 2.05) is 69.3 Å². The van der Waals surface area contributed by atoms with Gasteiger partial charge in [0, 0.05) is 11.6 Å². The van der Waals surface area contributed by atoms with Crippen LogP contribution < -0.4 is 10.3 Å². The Morgan fingerprint density at radius 3 is 2.44 bits per heavy atom. The number of rotatable bonds is 6. The van der Waals surface area contributed by atoms with Crippen LogP contribution in [0.1, 0.15) is 27.0 Å². The smallest absolute Gasteiger partial charge is 0.266 e. The summed E-state index contributed by atoms with van der Waals surface area (Å²) in [5.74, 6) is 0.838. The predicted octanol–water partition coefficient (Wildman–Crippen LogP) is 5.29. The molecular formula is C26H24N2O3S. The van der Waals surface area contributed by atoms with E-state index < -0.39 is 0 Å². The number of fused-ring (bicyclic) bond motifs is 1. The molecule has 0 unspecified atom stereocenters. The average Bonchev–Trinajstić information content (AvgIpc) is 2.77. The molecule has 0 aliphatic carbocycles. The van der Waals surface area contributed by atoms with Gasteiger partial charge in [0.1, 0.15) is 5.75 Å². The molecule has 0 aliphatic heterocycles. The lowest BCUT2D eigenvalue weighted by Crippen LogP contribution is -2.22. The summed E-state index contributed by atoms with van der Waals surface area (Å²) in [4.78, 5) is 31.2. The molecule has 1 aromatic heterocycles. The molecule has 0 aliphatic rings. The fourth-order valence-electron chi connectivity index (χ4n) is 4.01. The molecular weight excluding hydrogens is 420 g/mol. The molecule has 0 bridgehead atoms. The first-order valence-electron chi connectivity index (χ1n) is 10.3. The molecule has 4 aromatic rings. The summed E-state index contributed by atoms with van der Waals surface area (Å²) in [7, 11) is 1.58. The van der Waals surface area contributed by atoms with Gasteiger partial charge in [-0.25, -0.2) is 4.98 Å². The summed E-state index contributed by atoms with van der Waals surface area (Å²) in [6.07, 6.45) is 0. The third-order valence-corrected chi connectivity index (χ3v) is 6.28. The van der Waals surface area contributed by atoms with Gasteiger partial charge >= 0.3 is 0 Å². The van der Waals surface area contributed by atoms with Gasteiger partial charge in [-0.05, 0) is 56.2 Å². The highest BCUT2D eigenvalue weighted by Crippen LogP contribution is 2.25. The summed E-state index contributed by atoms with van der Waals surface area (Å²) < 4.78 is 6.89. The van der Waals surface area contributed by atoms with Crippen molar-refractivity contribution in [1.82, 2.24) is 9.55 Å². The number of ether oxygens (including phenoxy) is 1. The lowest BCUT2D eigenvalue weighted by Gasteiger charge is -2.14. The van der Waals surface area contributed by atoms with Gasteiger partial charge in [-0.15, -0.1) is 0 Å². The van der Waals surface area contributed by atoms with Gasteiger partial charge in [-0.1, -0.05) is 47.7 Å². The maximum atomic E-state index is 13.4. The maximum Gasteiger partial charge on any atom is 0.266 e. The first-order valence-corrected chi connectivity index (χ1v) is 11.3. The van der Waals surface area contributed by atoms with Crippen LogP contribution in [0.4, 0.5) is 0 Å². The number of carbonyl (C=O) groups is 1. The standard InChI is InChI=1S/C26H24N2O3S/c1-16-12-17(2)24(18(3)13-16)23(29)15-32-26-27-22-11-6-5-10-21(22)25(30)28(26)19-8-7-9-20(14-19)31-4/h5-14H,15H2,1-4H3. The molecule has 0 fully saturated rings. The van der Waals surface area contributed by atoms with Crippen molar-refractivity contribution in [3.05, 3.63) is 93.3 Å². The van der Waals surface area contributed by atoms with Gasteiger partial charge in [0.25, 0.3) is 5.56 Å². The van der Waals surface area contributed by atoms with Crippen LogP contribution in [0.25, 0.3) is 16.6 Å². The largest absolute Gasteiger partial charge is 0.497 e. The Hall–Kier alpha value is -3.38. The van der Waals surface area contributed by atoms with Crippen molar-refractivity contribution < 1.29 is 9.53 Å². The van der Waals surface area contributed by atoms with E-state index >= 15 is 0 Å². The van der Waals surface area contributed by atoms with Crippen molar-refractivity contribution >= 4 is 28.4 Å². The van der Waals surface area contributed by atoms with Crippen molar-refractivity contribution in [2.75, 3.05) is 12.9 Å². The van der Waals surface area contributed by atoms with E-state index in [2.05, 4.69) is 0 Å². The normalized spacial score (nSPS) is 11.0. The van der Waals surface area contributed by atoms with Gasteiger partial charge in [0.2, 0.25) is 0 Å². The quantitative estimate of drug-likeness (QED) is 0.230. The lowest BCUT2D eigenvalue weighted by molar-refractivity contribution is 0.102. The first-order chi connectivity index (χ1) is 15.4. The summed E-state index contributed by atoms with van der Waals surface area (Å²) >= 11 is 1.27. The summed E-state index contributed by atoms with van der Waals surface area (Å²) in [5, 5.41) is 0.994. The second-order valence-corrected chi connectivity index (χ2v) is 8.68. The Kier molecular flexibility index (Phi) is 6.15. The number of ketones is 1. The molecule has 5 nitrogen and oxygen atoms in total. The van der Waals surface area contributed by atoms with Crippen molar-refractivity contribution in [2.24, 2.45) is 0 Å². The molecule has 1 heterocycles. The van der Waals surface area contributed by atoms with Crippen LogP contribution in [0.2, 0.25) is 0 Å². The highest BCUT2D eigenvalue weighted by molar-refractivity contribution is 7.99. The van der Waals surface area contributed by atoms with Crippen molar-refractivity contribution in [1.29, 1.82) is 0 Å². The number of hydrogen-bond donors (Lipinski definition) is 0. The second kappa shape index (κ2) is 9.01. The van der Waals surface area contributed by atoms with E-state index in [9.17, 15) is 9.59 Å². The Morgan fingerprint density at radius 1 is 1.00 bits per heavy atom. The number of nitrogens with zero attached hydrogens (tertiary/aromatic N) is 2. The van der Waals surface area contributed by atoms with E-state index in [4.69, 9.17) is 9.72 Å². The molecule has 32 heavy (non-hydrogen) atoms. The predicted molar refractivity (Wildman–Crippen MR) is 130 cm³/mol. The third-order valence-electron chi connectivity index (χ3n) is 5.34. The highest BCUT2D eigenvalue weighted by atomic mass is 32.2. The highest BCUT2D eigenvalue weighted by Gasteiger charge is 2.18. The molecule has 0 radical (unpaired) electrons. The van der Waals surface area contributed by atoms with Crippen LogP contribution in [-0.2, 0) is 0 Å². The number of methoxy groups -OCH3 is 1. The Morgan fingerprint density at radius 2 is 1.72 bits per heavy atom. The van der Waals surface area contributed by atoms with Gasteiger partial charge in [-0.3, -0.25) is 14.2 Å². The summed E-state index contributed by atoms with van der Waals surface area (Å²) in [5.41, 5.74) is 4.86. The zero-order chi connectivity index (χ0) is 22.8. The van der Waals surface area contributed by atoms with Crippen LogP contribution in [0.3, 0.4) is 0 Å². The molecule has 6 heteroatoms. The van der Waals surface area contributed by atoms with E-state index in [0.29, 0.717) is 27.5 Å². The fourth-order valence-corrected chi connectivity index (χ4v) is 4.89. The van der Waals surface area contributed by atoms with E-state index in [1.165, 1.54) is 11.8 Å². The average molecular weight is 445 g/mol. The monoisotopic (exact) mass is 444 g/mol. The van der Waals surface area contributed by atoms with Crippen LogP contribution in [-0.4, -0.2) is 28.2 Å². The first kappa shape index (κ1) is 21.8. The Bertz CT molecular complexity index is 1370. The molecule has 0 atom stereocenters. The van der Waals surface area contributed by atoms with E-state index in [1.54, 1.807) is 23.8 Å². The second-order valence-electron chi connectivity index (χ2n) is 7.74. The topological polar surface area (TPSA) is 61.2 Å². The third kappa shape index (κ3) is 4.18. The minimum atomic E-state index is -0.179. The molecule has 0 amide bonds. The fraction of sp³-hybridized carbons (Fsp3) is 0.192. The van der Waals surface area contributed by atoms with Crippen molar-refractivity contribution in [2.45, 2.75) is 25.9 Å². The Balaban J connectivity index is 1.78. The molecule has 162 valence electrons. The SMILES string of the molecule is COc1cccc(-n2c(SCC(=O)c3c(C)cc(C)cc3C)nc3ccccc3c2=O)c1. The number of aryl methyl sites for hydroxylation is 3. The van der Waals surface area contributed by atoms with Crippen molar-refractivity contribution in [3.63, 3.8) is 0 Å². The molecule has 4 rings (SSSR count). The van der Waals surface area contributed by atoms with Gasteiger partial charge in [0.15, 0.2) is 10.9 Å². The minimum Gasteiger partial charge on any atom is -0.497 e. The molecule has 0 spiro atoms. The summed E-state index contributed by atoms with van der Waals surface area (Å²) in [6, 6.07) is 18.6. The van der Waals surface area contributed by atoms with Gasteiger partial charge < -0.3 is 4.74 Å². The number of benzene rings is 3. The van der Waals surface area contributed by atoms with E-state index in [-0.39, 0.29) is 17.1 Å². The number of carbonyl (C=O) groups excluding carboxylic acids is 1. The van der Waals surface area contributed by atoms with Crippen LogP contribution in [0.5, 0.6) is 5.75 Å². The molecule has 3 aromatic carbocycles. The van der Waals surface area contributed by atoms with Crippen LogP contribution in [0, 0.1) is 20.8 Å². The van der Waals surface area contributed by atoms with Crippen molar-refractivity contribution in [3.8, 4) is 11.4 Å². The molecule has 0 N–H and O–H groups in total. The number of hydrogen-bond acceptors (Lipinski definition) is 5. The zero-order valence-electron chi connectivity index (χ0n) is 18.5. The molecule has 0 saturated carbocycles. The number of thioether (sulfide) groups is 1. The summed E-state index contributed by atoms with van der Waals surface area (Å²) in [6.45, 7) is 5.94. The van der Waals surface area contributed by atoms with Gasteiger partial charge in [0.05, 0.1) is 29.5 Å². The molecule has 0 saturated heterocycles. The lowest BCUT2D eigenvalue weighted by atomic mass is 9.97. The number of aromatic nitrogens is 2. The van der Waals surface area contributed by atoms with E-state index in [0.717, 1.165) is 22.3 Å². The minimum absolute atomic E-state index is 0.0181. The number of Topliss-reactive ketones (excluding diaryl/α,β-unsaturated/α-hetero) is 1. The van der Waals surface area contributed by atoms with Crippen LogP contribution in [0.15, 0.2) is 70.6 Å². The van der Waals surface area contributed by atoms with Gasteiger partial charge in [-0.2, -0.15) is 0 Å². The Labute approximate surface area is 191 Å². The number of para-hydroxylation sites is 1. The maximum absolute atomic E-state index is 13.4. The van der Waals surface area contributed by atoms with Crippen LogP contribution >= 0.6 is 11.8 Å².